The number of non-ortho nitro benzene ring substituents is 1. The van der Waals surface area contributed by atoms with Gasteiger partial charge >= 0.3 is 5.97 Å². The Morgan fingerprint density at radius 1 is 0.829 bits per heavy atom. The highest BCUT2D eigenvalue weighted by atomic mass is 16.6. The molecular weight excluding hydrogens is 534 g/mol. The zero-order valence-electron chi connectivity index (χ0n) is 23.4. The van der Waals surface area contributed by atoms with E-state index in [1.807, 2.05) is 12.1 Å². The summed E-state index contributed by atoms with van der Waals surface area (Å²) in [7, 11) is 7.64. The number of hydrogen-bond donors (Lipinski definition) is 0. The third-order valence-electron chi connectivity index (χ3n) is 6.63. The number of esters is 1. The first-order valence-corrected chi connectivity index (χ1v) is 12.6. The molecule has 1 saturated heterocycles. The fraction of sp³-hybridized carbons (Fsp3) is 0.300. The second-order valence-electron chi connectivity index (χ2n) is 9.10. The molecule has 0 aromatic heterocycles. The van der Waals surface area contributed by atoms with Crippen LogP contribution in [0.5, 0.6) is 34.5 Å². The SMILES string of the molecule is COc1cc(C[C@@H]2COC(=O)C2=Cc2cc(OC)c(OCc3ccc([N+](=O)[O-])cc3)c(OC)c2)cc(OC)c1OC. The smallest absolute Gasteiger partial charge is 0.334 e. The lowest BCUT2D eigenvalue weighted by Crippen LogP contribution is -2.08. The fourth-order valence-electron chi connectivity index (χ4n) is 4.57. The predicted molar refractivity (Wildman–Crippen MR) is 149 cm³/mol. The lowest BCUT2D eigenvalue weighted by atomic mass is 9.92. The van der Waals surface area contributed by atoms with Gasteiger partial charge in [-0.1, -0.05) is 0 Å². The largest absolute Gasteiger partial charge is 0.493 e. The van der Waals surface area contributed by atoms with E-state index in [-0.39, 0.29) is 24.8 Å². The monoisotopic (exact) mass is 565 g/mol. The van der Waals surface area contributed by atoms with Crippen LogP contribution in [0.1, 0.15) is 16.7 Å². The highest BCUT2D eigenvalue weighted by molar-refractivity contribution is 5.96. The zero-order valence-corrected chi connectivity index (χ0v) is 23.4. The minimum absolute atomic E-state index is 0.00434. The molecule has 0 spiro atoms. The summed E-state index contributed by atoms with van der Waals surface area (Å²) < 4.78 is 38.9. The summed E-state index contributed by atoms with van der Waals surface area (Å²) in [6.45, 7) is 0.361. The summed E-state index contributed by atoms with van der Waals surface area (Å²) >= 11 is 0. The standard InChI is InChI=1S/C30H31NO10/c1-35-24-12-19(13-25(36-2)28(24)39-5)10-21-17-41-30(32)23(21)11-20-14-26(37-3)29(27(15-20)38-4)40-16-18-6-8-22(9-7-18)31(33)34/h6-9,11-15,21H,10,16-17H2,1-5H3/t21-/m1/s1. The molecule has 1 aliphatic heterocycles. The normalized spacial score (nSPS) is 15.3. The topological polar surface area (TPSA) is 125 Å². The van der Waals surface area contributed by atoms with Crippen LogP contribution in [0.15, 0.2) is 54.1 Å². The maximum atomic E-state index is 12.7. The molecule has 0 N–H and O–H groups in total. The molecule has 4 rings (SSSR count). The highest BCUT2D eigenvalue weighted by Crippen LogP contribution is 2.42. The second-order valence-corrected chi connectivity index (χ2v) is 9.10. The van der Waals surface area contributed by atoms with E-state index in [1.165, 1.54) is 26.4 Å². The van der Waals surface area contributed by atoms with Gasteiger partial charge in [-0.2, -0.15) is 0 Å². The quantitative estimate of drug-likeness (QED) is 0.128. The molecule has 1 atom stereocenters. The van der Waals surface area contributed by atoms with Crippen molar-refractivity contribution in [2.24, 2.45) is 5.92 Å². The molecule has 11 heteroatoms. The van der Waals surface area contributed by atoms with Gasteiger partial charge in [-0.15, -0.1) is 0 Å². The van der Waals surface area contributed by atoms with Crippen LogP contribution >= 0.6 is 0 Å². The Balaban J connectivity index is 1.60. The van der Waals surface area contributed by atoms with Gasteiger partial charge < -0.3 is 33.2 Å². The van der Waals surface area contributed by atoms with Gasteiger partial charge in [-0.25, -0.2) is 4.79 Å². The van der Waals surface area contributed by atoms with Gasteiger partial charge in [-0.05, 0) is 65.6 Å². The average molecular weight is 566 g/mol. The number of ether oxygens (including phenoxy) is 7. The Morgan fingerprint density at radius 3 is 1.90 bits per heavy atom. The molecular formula is C30H31NO10. The zero-order chi connectivity index (χ0) is 29.5. The molecule has 3 aromatic rings. The molecule has 0 radical (unpaired) electrons. The first kappa shape index (κ1) is 29.1. The van der Waals surface area contributed by atoms with Crippen molar-refractivity contribution in [2.45, 2.75) is 13.0 Å². The number of methoxy groups -OCH3 is 5. The number of carbonyl (C=O) groups is 1. The van der Waals surface area contributed by atoms with Crippen molar-refractivity contribution in [3.8, 4) is 34.5 Å². The number of cyclic esters (lactones) is 1. The number of hydrogen-bond acceptors (Lipinski definition) is 10. The van der Waals surface area contributed by atoms with Crippen LogP contribution in [-0.2, 0) is 22.6 Å². The van der Waals surface area contributed by atoms with Crippen molar-refractivity contribution in [1.82, 2.24) is 0 Å². The van der Waals surface area contributed by atoms with E-state index in [9.17, 15) is 14.9 Å². The molecule has 0 aliphatic carbocycles. The fourth-order valence-corrected chi connectivity index (χ4v) is 4.57. The van der Waals surface area contributed by atoms with Crippen molar-refractivity contribution >= 4 is 17.7 Å². The molecule has 1 aliphatic rings. The minimum atomic E-state index is -0.459. The van der Waals surface area contributed by atoms with Crippen LogP contribution in [0.2, 0.25) is 0 Å². The van der Waals surface area contributed by atoms with E-state index in [2.05, 4.69) is 0 Å². The van der Waals surface area contributed by atoms with Crippen molar-refractivity contribution in [3.63, 3.8) is 0 Å². The summed E-state index contributed by atoms with van der Waals surface area (Å²) in [5.41, 5.74) is 2.77. The molecule has 11 nitrogen and oxygen atoms in total. The summed E-state index contributed by atoms with van der Waals surface area (Å²) in [5.74, 6) is 2.06. The van der Waals surface area contributed by atoms with Crippen molar-refractivity contribution in [1.29, 1.82) is 0 Å². The lowest BCUT2D eigenvalue weighted by molar-refractivity contribution is -0.384. The van der Waals surface area contributed by atoms with Gasteiger partial charge in [0.15, 0.2) is 23.0 Å². The van der Waals surface area contributed by atoms with Crippen LogP contribution < -0.4 is 28.4 Å². The number of rotatable bonds is 12. The number of nitrogens with zero attached hydrogens (tertiary/aromatic N) is 1. The molecule has 41 heavy (non-hydrogen) atoms. The summed E-state index contributed by atoms with van der Waals surface area (Å²) in [4.78, 5) is 23.2. The Labute approximate surface area is 237 Å². The van der Waals surface area contributed by atoms with E-state index in [0.717, 1.165) is 11.1 Å². The molecule has 0 amide bonds. The van der Waals surface area contributed by atoms with Gasteiger partial charge in [-0.3, -0.25) is 10.1 Å². The first-order chi connectivity index (χ1) is 19.8. The van der Waals surface area contributed by atoms with Gasteiger partial charge in [0.25, 0.3) is 5.69 Å². The number of nitro groups is 1. The van der Waals surface area contributed by atoms with Crippen LogP contribution in [0.3, 0.4) is 0 Å². The van der Waals surface area contributed by atoms with E-state index in [4.69, 9.17) is 33.2 Å². The molecule has 216 valence electrons. The lowest BCUT2D eigenvalue weighted by Gasteiger charge is -2.17. The van der Waals surface area contributed by atoms with Crippen molar-refractivity contribution in [2.75, 3.05) is 42.2 Å². The van der Waals surface area contributed by atoms with Crippen molar-refractivity contribution in [3.05, 3.63) is 80.9 Å². The van der Waals surface area contributed by atoms with Crippen LogP contribution in [0.4, 0.5) is 5.69 Å². The molecule has 0 saturated carbocycles. The third-order valence-corrected chi connectivity index (χ3v) is 6.63. The van der Waals surface area contributed by atoms with Gasteiger partial charge in [0.1, 0.15) is 6.61 Å². The minimum Gasteiger partial charge on any atom is -0.493 e. The van der Waals surface area contributed by atoms with E-state index in [0.29, 0.717) is 52.1 Å². The van der Waals surface area contributed by atoms with Gasteiger partial charge in [0, 0.05) is 23.6 Å². The first-order valence-electron chi connectivity index (χ1n) is 12.6. The number of benzene rings is 3. The van der Waals surface area contributed by atoms with Crippen LogP contribution in [0.25, 0.3) is 6.08 Å². The van der Waals surface area contributed by atoms with E-state index < -0.39 is 10.9 Å². The van der Waals surface area contributed by atoms with Gasteiger partial charge in [0.05, 0.1) is 47.1 Å². The van der Waals surface area contributed by atoms with Gasteiger partial charge in [0.2, 0.25) is 11.5 Å². The number of carbonyl (C=O) groups excluding carboxylic acids is 1. The third kappa shape index (κ3) is 6.46. The number of nitro benzene ring substituents is 1. The van der Waals surface area contributed by atoms with E-state index in [1.54, 1.807) is 51.7 Å². The summed E-state index contributed by atoms with van der Waals surface area (Å²) in [5, 5.41) is 10.9. The Kier molecular flexibility index (Phi) is 9.18. The second kappa shape index (κ2) is 12.9. The Bertz CT molecular complexity index is 1400. The van der Waals surface area contributed by atoms with E-state index >= 15 is 0 Å². The average Bonchev–Trinajstić information content (AvgIpc) is 3.33. The van der Waals surface area contributed by atoms with Crippen LogP contribution in [0, 0.1) is 16.0 Å². The molecule has 0 bridgehead atoms. The molecule has 1 heterocycles. The summed E-state index contributed by atoms with van der Waals surface area (Å²) in [6, 6.07) is 13.3. The Hall–Kier alpha value is -4.93. The molecule has 0 unspecified atom stereocenters. The summed E-state index contributed by atoms with van der Waals surface area (Å²) in [6.07, 6.45) is 2.25. The predicted octanol–water partition coefficient (Wildman–Crippen LogP) is 5.02. The Morgan fingerprint density at radius 2 is 1.39 bits per heavy atom. The maximum Gasteiger partial charge on any atom is 0.334 e. The maximum absolute atomic E-state index is 12.7. The van der Waals surface area contributed by atoms with Crippen LogP contribution in [-0.4, -0.2) is 53.0 Å². The van der Waals surface area contributed by atoms with Crippen molar-refractivity contribution < 1.29 is 42.9 Å². The molecule has 3 aromatic carbocycles. The molecule has 1 fully saturated rings. The highest BCUT2D eigenvalue weighted by Gasteiger charge is 2.31.